The number of fused-ring (bicyclic) bond motifs is 3. The highest BCUT2D eigenvalue weighted by Crippen LogP contribution is 2.33. The van der Waals surface area contributed by atoms with Gasteiger partial charge in [-0.2, -0.15) is 5.26 Å². The molecule has 31 heavy (non-hydrogen) atoms. The quantitative estimate of drug-likeness (QED) is 0.254. The molecule has 0 aliphatic rings. The van der Waals surface area contributed by atoms with Crippen molar-refractivity contribution in [3.63, 3.8) is 0 Å². The third-order valence-electron chi connectivity index (χ3n) is 5.27. The Morgan fingerprint density at radius 1 is 1.06 bits per heavy atom. The summed E-state index contributed by atoms with van der Waals surface area (Å²) in [4.78, 5) is 9.30. The van der Waals surface area contributed by atoms with Crippen LogP contribution in [-0.4, -0.2) is 37.7 Å². The highest BCUT2D eigenvalue weighted by Gasteiger charge is 2.17. The smallest absolute Gasteiger partial charge is 0.181 e. The van der Waals surface area contributed by atoms with Crippen molar-refractivity contribution in [2.24, 2.45) is 5.73 Å². The van der Waals surface area contributed by atoms with Crippen molar-refractivity contribution in [3.8, 4) is 28.8 Å². The van der Waals surface area contributed by atoms with Crippen LogP contribution in [-0.2, 0) is 0 Å². The lowest BCUT2D eigenvalue weighted by Gasteiger charge is -2.12. The number of unbranched alkanes of at least 4 members (excludes halogenated alkanes) is 3. The number of aromatic nitrogens is 3. The predicted octanol–water partition coefficient (Wildman–Crippen LogP) is 3.76. The van der Waals surface area contributed by atoms with E-state index in [1.165, 1.54) is 12.1 Å². The van der Waals surface area contributed by atoms with E-state index in [1.54, 1.807) is 18.3 Å². The SMILES string of the molecule is N#Cc1cccc2c1nc(NCCCCCCN)c1ncc(-c3ccc(O)c(O)c3)n12. The van der Waals surface area contributed by atoms with E-state index in [2.05, 4.69) is 16.4 Å². The van der Waals surface area contributed by atoms with Gasteiger partial charge in [-0.25, -0.2) is 9.97 Å². The highest BCUT2D eigenvalue weighted by atomic mass is 16.3. The fourth-order valence-corrected chi connectivity index (χ4v) is 3.68. The number of hydrogen-bond acceptors (Lipinski definition) is 7. The molecule has 0 aliphatic heterocycles. The normalized spacial score (nSPS) is 11.1. The number of nitrogens with zero attached hydrogens (tertiary/aromatic N) is 4. The minimum absolute atomic E-state index is 0.187. The summed E-state index contributed by atoms with van der Waals surface area (Å²) in [7, 11) is 0. The second kappa shape index (κ2) is 8.90. The summed E-state index contributed by atoms with van der Waals surface area (Å²) in [5.41, 5.74) is 9.37. The van der Waals surface area contributed by atoms with Gasteiger partial charge < -0.3 is 21.3 Å². The van der Waals surface area contributed by atoms with Crippen molar-refractivity contribution in [3.05, 3.63) is 48.2 Å². The van der Waals surface area contributed by atoms with Crippen LogP contribution in [0.2, 0.25) is 0 Å². The average Bonchev–Trinajstić information content (AvgIpc) is 3.23. The van der Waals surface area contributed by atoms with Gasteiger partial charge in [0.1, 0.15) is 11.6 Å². The Hall–Kier alpha value is -3.83. The molecule has 0 atom stereocenters. The number of phenolic OH excluding ortho intramolecular Hbond substituents is 2. The summed E-state index contributed by atoms with van der Waals surface area (Å²) in [5, 5.41) is 32.6. The minimum Gasteiger partial charge on any atom is -0.504 e. The van der Waals surface area contributed by atoms with E-state index in [0.717, 1.165) is 43.4 Å². The molecule has 0 saturated heterocycles. The number of para-hydroxylation sites is 1. The molecule has 4 aromatic rings. The van der Waals surface area contributed by atoms with Gasteiger partial charge in [0.15, 0.2) is 23.0 Å². The van der Waals surface area contributed by atoms with Gasteiger partial charge in [-0.05, 0) is 49.7 Å². The largest absolute Gasteiger partial charge is 0.504 e. The highest BCUT2D eigenvalue weighted by molar-refractivity contribution is 5.89. The van der Waals surface area contributed by atoms with Crippen LogP contribution in [0.1, 0.15) is 31.2 Å². The Morgan fingerprint density at radius 3 is 2.68 bits per heavy atom. The summed E-state index contributed by atoms with van der Waals surface area (Å²) in [6, 6.07) is 12.3. The standard InChI is InChI=1S/C23H24N6O2/c24-10-3-1-2-4-11-26-22-23-27-14-18(15-8-9-19(30)20(31)12-15)29(23)17-7-5-6-16(13-25)21(17)28-22/h5-9,12,14,30-31H,1-4,10-11,24H2,(H,26,28). The maximum atomic E-state index is 9.97. The van der Waals surface area contributed by atoms with Gasteiger partial charge in [0.05, 0.1) is 23.0 Å². The molecule has 2 heterocycles. The lowest BCUT2D eigenvalue weighted by Crippen LogP contribution is -2.07. The van der Waals surface area contributed by atoms with E-state index in [9.17, 15) is 15.5 Å². The van der Waals surface area contributed by atoms with Crippen LogP contribution in [0.25, 0.3) is 27.9 Å². The number of anilines is 1. The van der Waals surface area contributed by atoms with Crippen LogP contribution in [0.4, 0.5) is 5.82 Å². The van der Waals surface area contributed by atoms with Crippen molar-refractivity contribution in [2.75, 3.05) is 18.4 Å². The second-order valence-electron chi connectivity index (χ2n) is 7.38. The number of benzene rings is 2. The number of nitriles is 1. The van der Waals surface area contributed by atoms with Crippen molar-refractivity contribution in [2.45, 2.75) is 25.7 Å². The first-order valence-electron chi connectivity index (χ1n) is 10.3. The Labute approximate surface area is 179 Å². The predicted molar refractivity (Wildman–Crippen MR) is 120 cm³/mol. The third-order valence-corrected chi connectivity index (χ3v) is 5.27. The van der Waals surface area contributed by atoms with Crippen molar-refractivity contribution < 1.29 is 10.2 Å². The third kappa shape index (κ3) is 3.96. The minimum atomic E-state index is -0.209. The zero-order valence-electron chi connectivity index (χ0n) is 17.0. The number of aromatic hydroxyl groups is 2. The number of phenols is 2. The van der Waals surface area contributed by atoms with Crippen LogP contribution >= 0.6 is 0 Å². The Bertz CT molecular complexity index is 1270. The van der Waals surface area contributed by atoms with E-state index in [0.29, 0.717) is 34.7 Å². The van der Waals surface area contributed by atoms with Crippen LogP contribution in [0.5, 0.6) is 11.5 Å². The second-order valence-corrected chi connectivity index (χ2v) is 7.38. The lowest BCUT2D eigenvalue weighted by atomic mass is 10.1. The molecule has 4 rings (SSSR count). The fourth-order valence-electron chi connectivity index (χ4n) is 3.68. The van der Waals surface area contributed by atoms with Gasteiger partial charge in [-0.1, -0.05) is 18.9 Å². The molecule has 0 fully saturated rings. The van der Waals surface area contributed by atoms with Gasteiger partial charge in [0, 0.05) is 12.1 Å². The van der Waals surface area contributed by atoms with Gasteiger partial charge in [-0.3, -0.25) is 4.40 Å². The lowest BCUT2D eigenvalue weighted by molar-refractivity contribution is 0.404. The average molecular weight is 416 g/mol. The molecule has 8 heteroatoms. The Kier molecular flexibility index (Phi) is 5.87. The Morgan fingerprint density at radius 2 is 1.90 bits per heavy atom. The molecule has 5 N–H and O–H groups in total. The van der Waals surface area contributed by atoms with E-state index < -0.39 is 0 Å². The molecule has 2 aromatic carbocycles. The molecule has 0 saturated carbocycles. The first-order valence-corrected chi connectivity index (χ1v) is 10.3. The number of rotatable bonds is 8. The van der Waals surface area contributed by atoms with Crippen molar-refractivity contribution in [1.82, 2.24) is 14.4 Å². The molecule has 0 spiro atoms. The molecule has 8 nitrogen and oxygen atoms in total. The molecular formula is C23H24N6O2. The van der Waals surface area contributed by atoms with Crippen molar-refractivity contribution in [1.29, 1.82) is 5.26 Å². The first kappa shape index (κ1) is 20.4. The maximum absolute atomic E-state index is 9.97. The van der Waals surface area contributed by atoms with Gasteiger partial charge in [0.2, 0.25) is 0 Å². The van der Waals surface area contributed by atoms with E-state index in [-0.39, 0.29) is 11.5 Å². The van der Waals surface area contributed by atoms with Gasteiger partial charge in [0.25, 0.3) is 0 Å². The fraction of sp³-hybridized carbons (Fsp3) is 0.261. The number of imidazole rings is 1. The van der Waals surface area contributed by atoms with Crippen LogP contribution < -0.4 is 11.1 Å². The maximum Gasteiger partial charge on any atom is 0.181 e. The van der Waals surface area contributed by atoms with Crippen LogP contribution in [0.3, 0.4) is 0 Å². The summed E-state index contributed by atoms with van der Waals surface area (Å²) >= 11 is 0. The molecule has 158 valence electrons. The molecule has 0 amide bonds. The number of hydrogen-bond donors (Lipinski definition) is 4. The van der Waals surface area contributed by atoms with Gasteiger partial charge >= 0.3 is 0 Å². The van der Waals surface area contributed by atoms with E-state index in [4.69, 9.17) is 10.7 Å². The molecule has 2 aromatic heterocycles. The molecule has 0 radical (unpaired) electrons. The molecule has 0 aliphatic carbocycles. The summed E-state index contributed by atoms with van der Waals surface area (Å²) in [6.45, 7) is 1.44. The van der Waals surface area contributed by atoms with E-state index >= 15 is 0 Å². The van der Waals surface area contributed by atoms with Crippen LogP contribution in [0, 0.1) is 11.3 Å². The number of nitrogens with two attached hydrogens (primary N) is 1. The summed E-state index contributed by atoms with van der Waals surface area (Å²) < 4.78 is 1.92. The molecular weight excluding hydrogens is 392 g/mol. The van der Waals surface area contributed by atoms with Gasteiger partial charge in [-0.15, -0.1) is 0 Å². The summed E-state index contributed by atoms with van der Waals surface area (Å²) in [5.74, 6) is 0.204. The molecule has 0 unspecified atom stereocenters. The number of nitrogens with one attached hydrogen (secondary N) is 1. The zero-order valence-corrected chi connectivity index (χ0v) is 17.0. The first-order chi connectivity index (χ1) is 15.1. The van der Waals surface area contributed by atoms with Crippen LogP contribution in [0.15, 0.2) is 42.6 Å². The Balaban J connectivity index is 1.81. The summed E-state index contributed by atoms with van der Waals surface area (Å²) in [6.07, 6.45) is 5.87. The topological polar surface area (TPSA) is 132 Å². The van der Waals surface area contributed by atoms with Crippen molar-refractivity contribution >= 4 is 22.5 Å². The monoisotopic (exact) mass is 416 g/mol. The van der Waals surface area contributed by atoms with E-state index in [1.807, 2.05) is 16.5 Å². The molecule has 0 bridgehead atoms. The zero-order chi connectivity index (χ0) is 21.8.